The first kappa shape index (κ1) is 15.2. The Morgan fingerprint density at radius 1 is 1.35 bits per heavy atom. The molecule has 0 saturated heterocycles. The van der Waals surface area contributed by atoms with Gasteiger partial charge in [-0.2, -0.15) is 0 Å². The van der Waals surface area contributed by atoms with Crippen LogP contribution < -0.4 is 10.2 Å². The van der Waals surface area contributed by atoms with Crippen LogP contribution in [0.25, 0.3) is 0 Å². The van der Waals surface area contributed by atoms with Crippen LogP contribution in [0.2, 0.25) is 0 Å². The Morgan fingerprint density at radius 3 is 2.70 bits per heavy atom. The van der Waals surface area contributed by atoms with E-state index in [-0.39, 0.29) is 0 Å². The third-order valence-corrected chi connectivity index (χ3v) is 3.32. The molecule has 20 heavy (non-hydrogen) atoms. The number of nitrogens with one attached hydrogen (secondary N) is 1. The lowest BCUT2D eigenvalue weighted by molar-refractivity contribution is 0.204. The van der Waals surface area contributed by atoms with Crippen molar-refractivity contribution < 1.29 is 4.74 Å². The highest BCUT2D eigenvalue weighted by Crippen LogP contribution is 2.19. The number of methoxy groups -OCH3 is 1. The van der Waals surface area contributed by atoms with Gasteiger partial charge in [0.1, 0.15) is 5.82 Å². The van der Waals surface area contributed by atoms with Gasteiger partial charge >= 0.3 is 0 Å². The normalized spacial score (nSPS) is 14.8. The van der Waals surface area contributed by atoms with Gasteiger partial charge in [0.25, 0.3) is 0 Å². The van der Waals surface area contributed by atoms with Gasteiger partial charge in [-0.1, -0.05) is 13.8 Å². The average Bonchev–Trinajstić information content (AvgIpc) is 3.25. The van der Waals surface area contributed by atoms with Gasteiger partial charge in [-0.05, 0) is 18.8 Å². The van der Waals surface area contributed by atoms with E-state index < -0.39 is 0 Å². The van der Waals surface area contributed by atoms with Crippen LogP contribution in [0.4, 0.5) is 5.82 Å². The van der Waals surface area contributed by atoms with Crippen molar-refractivity contribution in [1.82, 2.24) is 15.3 Å². The summed E-state index contributed by atoms with van der Waals surface area (Å²) in [6, 6.07) is 0.704. The van der Waals surface area contributed by atoms with E-state index in [2.05, 4.69) is 34.0 Å². The van der Waals surface area contributed by atoms with Crippen molar-refractivity contribution in [2.75, 3.05) is 31.7 Å². The van der Waals surface area contributed by atoms with E-state index in [9.17, 15) is 0 Å². The maximum Gasteiger partial charge on any atom is 0.147 e. The Labute approximate surface area is 121 Å². The maximum absolute atomic E-state index is 5.17. The highest BCUT2D eigenvalue weighted by molar-refractivity contribution is 5.35. The van der Waals surface area contributed by atoms with Gasteiger partial charge in [0.2, 0.25) is 0 Å². The minimum Gasteiger partial charge on any atom is -0.383 e. The summed E-state index contributed by atoms with van der Waals surface area (Å²) in [5.41, 5.74) is 1.01. The summed E-state index contributed by atoms with van der Waals surface area (Å²) in [6.07, 6.45) is 6.35. The van der Waals surface area contributed by atoms with Crippen LogP contribution in [-0.4, -0.2) is 42.8 Å². The maximum atomic E-state index is 5.17. The topological polar surface area (TPSA) is 50.3 Å². The fourth-order valence-electron chi connectivity index (χ4n) is 2.08. The second kappa shape index (κ2) is 7.55. The van der Waals surface area contributed by atoms with Crippen LogP contribution in [0, 0.1) is 5.92 Å². The Hall–Kier alpha value is -1.20. The monoisotopic (exact) mass is 278 g/mol. The zero-order chi connectivity index (χ0) is 14.4. The lowest BCUT2D eigenvalue weighted by Crippen LogP contribution is -2.31. The Morgan fingerprint density at radius 2 is 2.15 bits per heavy atom. The van der Waals surface area contributed by atoms with Crippen LogP contribution in [0.3, 0.4) is 0 Å². The summed E-state index contributed by atoms with van der Waals surface area (Å²) in [4.78, 5) is 11.3. The Bertz CT molecular complexity index is 389. The zero-order valence-corrected chi connectivity index (χ0v) is 12.8. The first-order valence-corrected chi connectivity index (χ1v) is 7.47. The number of aromatic nitrogens is 2. The summed E-state index contributed by atoms with van der Waals surface area (Å²) in [5.74, 6) is 1.52. The largest absolute Gasteiger partial charge is 0.383 e. The fourth-order valence-corrected chi connectivity index (χ4v) is 2.08. The van der Waals surface area contributed by atoms with Gasteiger partial charge in [0.05, 0.1) is 24.7 Å². The van der Waals surface area contributed by atoms with Gasteiger partial charge in [-0.25, -0.2) is 4.98 Å². The summed E-state index contributed by atoms with van der Waals surface area (Å²) < 4.78 is 5.17. The van der Waals surface area contributed by atoms with Crippen LogP contribution >= 0.6 is 0 Å². The summed E-state index contributed by atoms with van der Waals surface area (Å²) in [6.45, 7) is 7.77. The minimum absolute atomic E-state index is 0.588. The van der Waals surface area contributed by atoms with E-state index >= 15 is 0 Å². The van der Waals surface area contributed by atoms with Gasteiger partial charge in [0, 0.05) is 32.8 Å². The molecule has 5 nitrogen and oxygen atoms in total. The molecular weight excluding hydrogens is 252 g/mol. The molecule has 0 radical (unpaired) electrons. The van der Waals surface area contributed by atoms with Crippen molar-refractivity contribution in [3.8, 4) is 0 Å². The molecule has 1 aliphatic carbocycles. The molecule has 1 saturated carbocycles. The van der Waals surface area contributed by atoms with Crippen molar-refractivity contribution >= 4 is 5.82 Å². The molecule has 0 amide bonds. The number of ether oxygens (including phenoxy) is 1. The van der Waals surface area contributed by atoms with Crippen LogP contribution in [0.5, 0.6) is 0 Å². The summed E-state index contributed by atoms with van der Waals surface area (Å²) in [7, 11) is 1.73. The van der Waals surface area contributed by atoms with E-state index in [1.165, 1.54) is 12.8 Å². The molecule has 2 rings (SSSR count). The summed E-state index contributed by atoms with van der Waals surface area (Å²) >= 11 is 0. The van der Waals surface area contributed by atoms with Crippen molar-refractivity contribution in [3.63, 3.8) is 0 Å². The van der Waals surface area contributed by atoms with Crippen molar-refractivity contribution in [3.05, 3.63) is 18.1 Å². The van der Waals surface area contributed by atoms with E-state index in [0.717, 1.165) is 31.1 Å². The van der Waals surface area contributed by atoms with Gasteiger partial charge in [-0.15, -0.1) is 0 Å². The number of rotatable bonds is 9. The summed E-state index contributed by atoms with van der Waals surface area (Å²) in [5, 5.41) is 3.45. The minimum atomic E-state index is 0.588. The fraction of sp³-hybridized carbons (Fsp3) is 0.733. The molecule has 0 spiro atoms. The lowest BCUT2D eigenvalue weighted by Gasteiger charge is -2.25. The lowest BCUT2D eigenvalue weighted by atomic mass is 10.2. The quantitative estimate of drug-likeness (QED) is 0.747. The second-order valence-corrected chi connectivity index (χ2v) is 5.85. The van der Waals surface area contributed by atoms with Crippen LogP contribution in [-0.2, 0) is 11.3 Å². The molecule has 0 aliphatic heterocycles. The van der Waals surface area contributed by atoms with Gasteiger partial charge in [-0.3, -0.25) is 4.98 Å². The van der Waals surface area contributed by atoms with E-state index in [1.54, 1.807) is 7.11 Å². The van der Waals surface area contributed by atoms with E-state index in [0.29, 0.717) is 18.6 Å². The zero-order valence-electron chi connectivity index (χ0n) is 12.8. The molecule has 0 atom stereocenters. The van der Waals surface area contributed by atoms with E-state index in [1.807, 2.05) is 12.4 Å². The van der Waals surface area contributed by atoms with Crippen molar-refractivity contribution in [2.24, 2.45) is 5.92 Å². The molecule has 5 heteroatoms. The standard InChI is InChI=1S/C15H26N4O/c1-12(2)11-19(6-7-20-3)15-10-17-14(9-18-15)8-16-13-4-5-13/h9-10,12-13,16H,4-8,11H2,1-3H3. The van der Waals surface area contributed by atoms with Crippen LogP contribution in [0.15, 0.2) is 12.4 Å². The molecule has 1 aromatic heterocycles. The van der Waals surface area contributed by atoms with Crippen LogP contribution in [0.1, 0.15) is 32.4 Å². The molecule has 1 fully saturated rings. The molecule has 1 N–H and O–H groups in total. The molecule has 1 aliphatic rings. The second-order valence-electron chi connectivity index (χ2n) is 5.85. The SMILES string of the molecule is COCCN(CC(C)C)c1cnc(CNC2CC2)cn1. The molecule has 1 aromatic rings. The first-order chi connectivity index (χ1) is 9.69. The third-order valence-electron chi connectivity index (χ3n) is 3.32. The van der Waals surface area contributed by atoms with Gasteiger partial charge in [0.15, 0.2) is 0 Å². The Kier molecular flexibility index (Phi) is 5.73. The molecule has 112 valence electrons. The molecule has 0 aromatic carbocycles. The number of hydrogen-bond acceptors (Lipinski definition) is 5. The molecule has 0 unspecified atom stereocenters. The molecule has 1 heterocycles. The Balaban J connectivity index is 1.92. The average molecular weight is 278 g/mol. The smallest absolute Gasteiger partial charge is 0.147 e. The third kappa shape index (κ3) is 5.06. The number of anilines is 1. The predicted molar refractivity (Wildman–Crippen MR) is 80.8 cm³/mol. The molecular formula is C15H26N4O. The van der Waals surface area contributed by atoms with Crippen molar-refractivity contribution in [1.29, 1.82) is 0 Å². The van der Waals surface area contributed by atoms with E-state index in [4.69, 9.17) is 4.74 Å². The number of nitrogens with zero attached hydrogens (tertiary/aromatic N) is 3. The van der Waals surface area contributed by atoms with Gasteiger partial charge < -0.3 is 15.0 Å². The highest BCUT2D eigenvalue weighted by Gasteiger charge is 2.20. The molecule has 0 bridgehead atoms. The number of hydrogen-bond donors (Lipinski definition) is 1. The first-order valence-electron chi connectivity index (χ1n) is 7.47. The predicted octanol–water partition coefficient (Wildman–Crippen LogP) is 1.84. The van der Waals surface area contributed by atoms with Crippen molar-refractivity contribution in [2.45, 2.75) is 39.3 Å². The highest BCUT2D eigenvalue weighted by atomic mass is 16.5.